The van der Waals surface area contributed by atoms with Crippen LogP contribution in [-0.4, -0.2) is 28.1 Å². The number of carbonyl (C=O) groups is 2. The minimum absolute atomic E-state index is 0.0592. The van der Waals surface area contributed by atoms with E-state index in [4.69, 9.17) is 0 Å². The summed E-state index contributed by atoms with van der Waals surface area (Å²) in [5.74, 6) is -0.666. The zero-order chi connectivity index (χ0) is 22.3. The van der Waals surface area contributed by atoms with Crippen molar-refractivity contribution in [2.75, 3.05) is 11.4 Å². The molecule has 2 aromatic rings. The summed E-state index contributed by atoms with van der Waals surface area (Å²) in [6.45, 7) is 9.68. The molecule has 0 radical (unpaired) electrons. The summed E-state index contributed by atoms with van der Waals surface area (Å²) in [5, 5.41) is -0.312. The zero-order valence-corrected chi connectivity index (χ0v) is 18.9. The maximum atomic E-state index is 13.1. The standard InChI is InChI=1S/C25H25FN2O2S/c1-5-28-21-11-8-18(12-20(21)16(2)14-25(28,3)4)13-22-23(29)27(24(30)31-22)15-17-6-9-19(26)10-7-17/h6-14H,5,15H2,1-4H3/b22-13-. The predicted molar refractivity (Wildman–Crippen MR) is 125 cm³/mol. The lowest BCUT2D eigenvalue weighted by molar-refractivity contribution is -0.123. The molecular weight excluding hydrogens is 411 g/mol. The van der Waals surface area contributed by atoms with Gasteiger partial charge in [-0.05, 0) is 86.5 Å². The number of fused-ring (bicyclic) bond motifs is 1. The minimum atomic E-state index is -0.348. The highest BCUT2D eigenvalue weighted by molar-refractivity contribution is 8.18. The molecule has 1 saturated heterocycles. The number of hydrogen-bond acceptors (Lipinski definition) is 4. The number of imide groups is 1. The highest BCUT2D eigenvalue weighted by atomic mass is 32.2. The van der Waals surface area contributed by atoms with E-state index in [9.17, 15) is 14.0 Å². The maximum absolute atomic E-state index is 13.1. The minimum Gasteiger partial charge on any atom is -0.363 e. The van der Waals surface area contributed by atoms with Crippen LogP contribution in [0.25, 0.3) is 11.6 Å². The molecule has 4 rings (SSSR count). The van der Waals surface area contributed by atoms with E-state index in [-0.39, 0.29) is 29.0 Å². The van der Waals surface area contributed by atoms with Crippen LogP contribution in [0.2, 0.25) is 0 Å². The lowest BCUT2D eigenvalue weighted by Crippen LogP contribution is -2.44. The Bertz CT molecular complexity index is 1120. The Balaban J connectivity index is 1.61. The first-order valence-corrected chi connectivity index (χ1v) is 11.1. The molecule has 0 unspecified atom stereocenters. The second-order valence-electron chi connectivity index (χ2n) is 8.40. The van der Waals surface area contributed by atoms with Crippen LogP contribution in [0.5, 0.6) is 0 Å². The van der Waals surface area contributed by atoms with Crippen molar-refractivity contribution in [1.29, 1.82) is 0 Å². The lowest BCUT2D eigenvalue weighted by Gasteiger charge is -2.42. The fourth-order valence-electron chi connectivity index (χ4n) is 4.33. The molecule has 2 amide bonds. The van der Waals surface area contributed by atoms with Crippen LogP contribution in [0.15, 0.2) is 53.4 Å². The van der Waals surface area contributed by atoms with E-state index in [0.29, 0.717) is 10.5 Å². The van der Waals surface area contributed by atoms with Crippen LogP contribution >= 0.6 is 11.8 Å². The van der Waals surface area contributed by atoms with Gasteiger partial charge in [-0.3, -0.25) is 14.5 Å². The molecule has 2 aliphatic heterocycles. The third-order valence-electron chi connectivity index (χ3n) is 5.74. The van der Waals surface area contributed by atoms with E-state index in [2.05, 4.69) is 50.8 Å². The molecule has 31 heavy (non-hydrogen) atoms. The summed E-state index contributed by atoms with van der Waals surface area (Å²) in [6, 6.07) is 12.0. The molecule has 0 saturated carbocycles. The van der Waals surface area contributed by atoms with Crippen molar-refractivity contribution in [1.82, 2.24) is 4.90 Å². The van der Waals surface area contributed by atoms with Crippen LogP contribution in [0.3, 0.4) is 0 Å². The molecule has 0 aliphatic carbocycles. The molecule has 4 nitrogen and oxygen atoms in total. The van der Waals surface area contributed by atoms with E-state index < -0.39 is 0 Å². The number of amides is 2. The summed E-state index contributed by atoms with van der Waals surface area (Å²) < 4.78 is 13.1. The maximum Gasteiger partial charge on any atom is 0.293 e. The van der Waals surface area contributed by atoms with Crippen molar-refractivity contribution in [3.05, 3.63) is 76.0 Å². The Labute approximate surface area is 186 Å². The molecule has 0 atom stereocenters. The number of thioether (sulfide) groups is 1. The van der Waals surface area contributed by atoms with Crippen molar-refractivity contribution in [3.8, 4) is 0 Å². The summed E-state index contributed by atoms with van der Waals surface area (Å²) in [5.41, 5.74) is 5.05. The fraction of sp³-hybridized carbons (Fsp3) is 0.280. The fourth-order valence-corrected chi connectivity index (χ4v) is 5.17. The van der Waals surface area contributed by atoms with Gasteiger partial charge in [-0.15, -0.1) is 0 Å². The summed E-state index contributed by atoms with van der Waals surface area (Å²) >= 11 is 0.941. The van der Waals surface area contributed by atoms with Crippen molar-refractivity contribution >= 4 is 40.2 Å². The van der Waals surface area contributed by atoms with Gasteiger partial charge in [-0.25, -0.2) is 4.39 Å². The number of halogens is 1. The van der Waals surface area contributed by atoms with E-state index in [1.54, 1.807) is 18.2 Å². The lowest BCUT2D eigenvalue weighted by atomic mass is 9.88. The van der Waals surface area contributed by atoms with Gasteiger partial charge in [-0.1, -0.05) is 24.3 Å². The van der Waals surface area contributed by atoms with Gasteiger partial charge < -0.3 is 4.90 Å². The number of rotatable bonds is 4. The molecule has 2 aliphatic rings. The van der Waals surface area contributed by atoms with Crippen molar-refractivity contribution in [3.63, 3.8) is 0 Å². The molecule has 2 aromatic carbocycles. The van der Waals surface area contributed by atoms with E-state index in [1.165, 1.54) is 28.3 Å². The molecule has 0 aromatic heterocycles. The number of allylic oxidation sites excluding steroid dienone is 1. The Hall–Kier alpha value is -2.86. The van der Waals surface area contributed by atoms with Gasteiger partial charge in [0.2, 0.25) is 0 Å². The molecule has 6 heteroatoms. The largest absolute Gasteiger partial charge is 0.363 e. The highest BCUT2D eigenvalue weighted by Crippen LogP contribution is 2.40. The van der Waals surface area contributed by atoms with Gasteiger partial charge >= 0.3 is 0 Å². The molecule has 0 bridgehead atoms. The Morgan fingerprint density at radius 1 is 1.10 bits per heavy atom. The average Bonchev–Trinajstić information content (AvgIpc) is 2.97. The summed E-state index contributed by atoms with van der Waals surface area (Å²) in [4.78, 5) is 29.2. The van der Waals surface area contributed by atoms with Crippen LogP contribution < -0.4 is 4.90 Å². The van der Waals surface area contributed by atoms with Gasteiger partial charge in [0.15, 0.2) is 0 Å². The number of benzene rings is 2. The molecule has 2 heterocycles. The highest BCUT2D eigenvalue weighted by Gasteiger charge is 2.35. The monoisotopic (exact) mass is 436 g/mol. The van der Waals surface area contributed by atoms with Crippen LogP contribution in [0.4, 0.5) is 14.9 Å². The van der Waals surface area contributed by atoms with E-state index in [0.717, 1.165) is 29.4 Å². The first-order chi connectivity index (χ1) is 14.7. The Morgan fingerprint density at radius 3 is 2.48 bits per heavy atom. The number of anilines is 1. The predicted octanol–water partition coefficient (Wildman–Crippen LogP) is 6.08. The molecule has 0 N–H and O–H groups in total. The van der Waals surface area contributed by atoms with Gasteiger partial charge in [0.1, 0.15) is 5.82 Å². The summed E-state index contributed by atoms with van der Waals surface area (Å²) in [7, 11) is 0. The van der Waals surface area contributed by atoms with Crippen LogP contribution in [0, 0.1) is 5.82 Å². The van der Waals surface area contributed by atoms with Gasteiger partial charge in [0.05, 0.1) is 17.0 Å². The second-order valence-corrected chi connectivity index (χ2v) is 9.39. The van der Waals surface area contributed by atoms with Crippen molar-refractivity contribution in [2.24, 2.45) is 0 Å². The smallest absolute Gasteiger partial charge is 0.293 e. The molecule has 160 valence electrons. The number of nitrogens with zero attached hydrogens (tertiary/aromatic N) is 2. The average molecular weight is 437 g/mol. The molecular formula is C25H25FN2O2S. The first kappa shape index (κ1) is 21.4. The summed E-state index contributed by atoms with van der Waals surface area (Å²) in [6.07, 6.45) is 4.04. The van der Waals surface area contributed by atoms with Gasteiger partial charge in [-0.2, -0.15) is 0 Å². The topological polar surface area (TPSA) is 40.6 Å². The Morgan fingerprint density at radius 2 is 1.81 bits per heavy atom. The third kappa shape index (κ3) is 4.04. The van der Waals surface area contributed by atoms with E-state index >= 15 is 0 Å². The van der Waals surface area contributed by atoms with Crippen LogP contribution in [0.1, 0.15) is 44.4 Å². The van der Waals surface area contributed by atoms with Gasteiger partial charge in [0.25, 0.3) is 11.1 Å². The second kappa shape index (κ2) is 8.00. The Kier molecular flexibility index (Phi) is 5.52. The molecule has 1 fully saturated rings. The normalized spacial score (nSPS) is 19.1. The van der Waals surface area contributed by atoms with Crippen molar-refractivity contribution < 1.29 is 14.0 Å². The van der Waals surface area contributed by atoms with E-state index in [1.807, 2.05) is 6.07 Å². The number of carbonyl (C=O) groups excluding carboxylic acids is 2. The van der Waals surface area contributed by atoms with Gasteiger partial charge in [0, 0.05) is 17.8 Å². The number of hydrogen-bond donors (Lipinski definition) is 0. The number of likely N-dealkylation sites (N-methyl/N-ethyl adjacent to an activating group) is 1. The van der Waals surface area contributed by atoms with Crippen LogP contribution in [-0.2, 0) is 11.3 Å². The first-order valence-electron chi connectivity index (χ1n) is 10.3. The third-order valence-corrected chi connectivity index (χ3v) is 6.65. The zero-order valence-electron chi connectivity index (χ0n) is 18.1. The molecule has 0 spiro atoms. The quantitative estimate of drug-likeness (QED) is 0.544. The SMILES string of the molecule is CCN1c2ccc(/C=C3\SC(=O)N(Cc4ccc(F)cc4)C3=O)cc2C(C)=CC1(C)C. The van der Waals surface area contributed by atoms with Crippen molar-refractivity contribution in [2.45, 2.75) is 39.8 Å².